The second-order valence-electron chi connectivity index (χ2n) is 8.09. The number of aromatic nitrogens is 3. The second kappa shape index (κ2) is 6.42. The zero-order chi connectivity index (χ0) is 21.1. The lowest BCUT2D eigenvalue weighted by Gasteiger charge is -2.20. The monoisotopic (exact) mass is 412 g/mol. The fraction of sp³-hybridized carbons (Fsp3) is 0.318. The van der Waals surface area contributed by atoms with Gasteiger partial charge in [0.05, 0.1) is 12.1 Å². The summed E-state index contributed by atoms with van der Waals surface area (Å²) >= 11 is 0. The van der Waals surface area contributed by atoms with Gasteiger partial charge < -0.3 is 9.47 Å². The number of aryl methyl sites for hydroxylation is 1. The molecule has 0 N–H and O–H groups in total. The van der Waals surface area contributed by atoms with Gasteiger partial charge >= 0.3 is 6.18 Å². The highest BCUT2D eigenvalue weighted by molar-refractivity contribution is 6.10. The number of anilines is 1. The summed E-state index contributed by atoms with van der Waals surface area (Å²) in [5.74, 6) is 0.490. The van der Waals surface area contributed by atoms with Crippen molar-refractivity contribution in [3.63, 3.8) is 0 Å². The lowest BCUT2D eigenvalue weighted by atomic mass is 9.91. The maximum atomic E-state index is 13.4. The van der Waals surface area contributed by atoms with Gasteiger partial charge in [-0.2, -0.15) is 13.2 Å². The van der Waals surface area contributed by atoms with Crippen molar-refractivity contribution in [1.29, 1.82) is 0 Å². The van der Waals surface area contributed by atoms with Crippen LogP contribution in [0.3, 0.4) is 0 Å². The first kappa shape index (κ1) is 18.8. The highest BCUT2D eigenvalue weighted by Crippen LogP contribution is 2.51. The molecule has 0 atom stereocenters. The van der Waals surface area contributed by atoms with Gasteiger partial charge in [0.15, 0.2) is 0 Å². The molecular weight excluding hydrogens is 393 g/mol. The summed E-state index contributed by atoms with van der Waals surface area (Å²) in [6, 6.07) is 11.4. The third kappa shape index (κ3) is 2.98. The van der Waals surface area contributed by atoms with E-state index >= 15 is 0 Å². The number of halogens is 3. The van der Waals surface area contributed by atoms with Crippen LogP contribution in [0.1, 0.15) is 45.7 Å². The van der Waals surface area contributed by atoms with Gasteiger partial charge in [-0.15, -0.1) is 10.2 Å². The average Bonchev–Trinajstić information content (AvgIpc) is 3.28. The van der Waals surface area contributed by atoms with Crippen molar-refractivity contribution in [2.24, 2.45) is 7.05 Å². The molecule has 1 aliphatic carbocycles. The van der Waals surface area contributed by atoms with Crippen LogP contribution >= 0.6 is 0 Å². The molecule has 1 aliphatic heterocycles. The van der Waals surface area contributed by atoms with E-state index in [0.29, 0.717) is 5.69 Å². The Morgan fingerprint density at radius 1 is 1.13 bits per heavy atom. The van der Waals surface area contributed by atoms with Crippen molar-refractivity contribution in [3.8, 4) is 0 Å². The zero-order valence-corrected chi connectivity index (χ0v) is 16.3. The van der Waals surface area contributed by atoms with Crippen LogP contribution in [0.5, 0.6) is 0 Å². The number of carbonyl (C=O) groups is 1. The standard InChI is InChI=1S/C22H19F3N4O/c1-28-13-26-27-19(28)11-21(8-9-21)14-4-2-5-15(10-14)29-12-17-16(20(29)30)6-3-7-18(17)22(23,24)25/h2-7,10,13H,8-9,11-12H2,1H3. The lowest BCUT2D eigenvalue weighted by molar-refractivity contribution is -0.138. The number of fused-ring (bicyclic) bond motifs is 1. The zero-order valence-electron chi connectivity index (χ0n) is 16.3. The molecule has 2 heterocycles. The van der Waals surface area contributed by atoms with Crippen LogP contribution in [0, 0.1) is 0 Å². The van der Waals surface area contributed by atoms with Gasteiger partial charge in [-0.3, -0.25) is 4.79 Å². The molecule has 3 aromatic rings. The van der Waals surface area contributed by atoms with E-state index in [9.17, 15) is 18.0 Å². The van der Waals surface area contributed by atoms with E-state index in [4.69, 9.17) is 0 Å². The predicted molar refractivity (Wildman–Crippen MR) is 104 cm³/mol. The Kier molecular flexibility index (Phi) is 4.03. The van der Waals surface area contributed by atoms with Gasteiger partial charge in [-0.1, -0.05) is 18.2 Å². The highest BCUT2D eigenvalue weighted by Gasteiger charge is 2.46. The minimum atomic E-state index is -4.49. The molecule has 1 fully saturated rings. The Bertz CT molecular complexity index is 1150. The number of nitrogens with zero attached hydrogens (tertiary/aromatic N) is 4. The molecule has 2 aliphatic rings. The Morgan fingerprint density at radius 2 is 1.90 bits per heavy atom. The van der Waals surface area contributed by atoms with Crippen LogP contribution in [0.2, 0.25) is 0 Å². The maximum absolute atomic E-state index is 13.4. The van der Waals surface area contributed by atoms with Gasteiger partial charge in [0.2, 0.25) is 0 Å². The first-order valence-electron chi connectivity index (χ1n) is 9.73. The van der Waals surface area contributed by atoms with Crippen molar-refractivity contribution in [3.05, 3.63) is 76.9 Å². The third-order valence-corrected chi connectivity index (χ3v) is 6.20. The number of alkyl halides is 3. The molecule has 1 amide bonds. The molecule has 1 aromatic heterocycles. The Balaban J connectivity index is 1.47. The second-order valence-corrected chi connectivity index (χ2v) is 8.09. The molecule has 30 heavy (non-hydrogen) atoms. The predicted octanol–water partition coefficient (Wildman–Crippen LogP) is 4.27. The molecule has 5 nitrogen and oxygen atoms in total. The van der Waals surface area contributed by atoms with E-state index in [1.807, 2.05) is 29.8 Å². The van der Waals surface area contributed by atoms with E-state index in [-0.39, 0.29) is 23.1 Å². The Morgan fingerprint density at radius 3 is 2.57 bits per heavy atom. The van der Waals surface area contributed by atoms with Crippen molar-refractivity contribution < 1.29 is 18.0 Å². The Hall–Kier alpha value is -3.16. The van der Waals surface area contributed by atoms with E-state index in [1.54, 1.807) is 12.4 Å². The molecule has 0 saturated heterocycles. The molecule has 0 bridgehead atoms. The molecular formula is C22H19F3N4O. The maximum Gasteiger partial charge on any atom is 0.416 e. The number of benzene rings is 2. The van der Waals surface area contributed by atoms with E-state index in [0.717, 1.165) is 36.7 Å². The lowest BCUT2D eigenvalue weighted by Crippen LogP contribution is -2.24. The van der Waals surface area contributed by atoms with Gasteiger partial charge in [-0.05, 0) is 48.2 Å². The van der Waals surface area contributed by atoms with E-state index in [1.165, 1.54) is 17.0 Å². The van der Waals surface area contributed by atoms with Crippen LogP contribution in [0.25, 0.3) is 0 Å². The number of carbonyl (C=O) groups excluding carboxylic acids is 1. The molecule has 2 aromatic carbocycles. The van der Waals surface area contributed by atoms with Crippen LogP contribution in [-0.2, 0) is 31.6 Å². The number of amides is 1. The van der Waals surface area contributed by atoms with Crippen LogP contribution < -0.4 is 4.90 Å². The molecule has 0 radical (unpaired) electrons. The summed E-state index contributed by atoms with van der Waals surface area (Å²) in [7, 11) is 1.90. The summed E-state index contributed by atoms with van der Waals surface area (Å²) in [5, 5.41) is 8.12. The van der Waals surface area contributed by atoms with Crippen LogP contribution in [-0.4, -0.2) is 20.7 Å². The first-order valence-corrected chi connectivity index (χ1v) is 9.73. The number of hydrogen-bond donors (Lipinski definition) is 0. The SMILES string of the molecule is Cn1cnnc1CC1(c2cccc(N3Cc4c(cccc4C(F)(F)F)C3=O)c2)CC1. The van der Waals surface area contributed by atoms with Crippen molar-refractivity contribution in [1.82, 2.24) is 14.8 Å². The topological polar surface area (TPSA) is 51.0 Å². The quantitative estimate of drug-likeness (QED) is 0.643. The minimum absolute atomic E-state index is 0.0422. The van der Waals surface area contributed by atoms with Gasteiger partial charge in [0, 0.05) is 30.1 Å². The van der Waals surface area contributed by atoms with Crippen molar-refractivity contribution in [2.75, 3.05) is 4.90 Å². The van der Waals surface area contributed by atoms with Crippen molar-refractivity contribution in [2.45, 2.75) is 37.4 Å². The summed E-state index contributed by atoms with van der Waals surface area (Å²) in [6.07, 6.45) is -0.0946. The number of hydrogen-bond acceptors (Lipinski definition) is 3. The highest BCUT2D eigenvalue weighted by atomic mass is 19.4. The third-order valence-electron chi connectivity index (χ3n) is 6.20. The average molecular weight is 412 g/mol. The largest absolute Gasteiger partial charge is 0.416 e. The summed E-state index contributed by atoms with van der Waals surface area (Å²) in [6.45, 7) is -0.0798. The molecule has 0 unspecified atom stereocenters. The first-order chi connectivity index (χ1) is 14.3. The van der Waals surface area contributed by atoms with Crippen LogP contribution in [0.4, 0.5) is 18.9 Å². The van der Waals surface area contributed by atoms with E-state index < -0.39 is 17.6 Å². The summed E-state index contributed by atoms with van der Waals surface area (Å²) in [4.78, 5) is 14.3. The smallest absolute Gasteiger partial charge is 0.321 e. The van der Waals surface area contributed by atoms with Gasteiger partial charge in [0.25, 0.3) is 5.91 Å². The fourth-order valence-corrected chi connectivity index (χ4v) is 4.30. The fourth-order valence-electron chi connectivity index (χ4n) is 4.30. The Labute approximate surface area is 171 Å². The minimum Gasteiger partial charge on any atom is -0.321 e. The molecule has 5 rings (SSSR count). The van der Waals surface area contributed by atoms with Gasteiger partial charge in [-0.25, -0.2) is 0 Å². The number of rotatable bonds is 4. The van der Waals surface area contributed by atoms with Gasteiger partial charge in [0.1, 0.15) is 12.2 Å². The normalized spacial score (nSPS) is 17.3. The molecule has 1 saturated carbocycles. The summed E-state index contributed by atoms with van der Waals surface area (Å²) < 4.78 is 42.1. The van der Waals surface area contributed by atoms with E-state index in [2.05, 4.69) is 10.2 Å². The summed E-state index contributed by atoms with van der Waals surface area (Å²) in [5.41, 5.74) is 1.04. The molecule has 154 valence electrons. The van der Waals surface area contributed by atoms with Crippen LogP contribution in [0.15, 0.2) is 48.8 Å². The molecule has 0 spiro atoms. The van der Waals surface area contributed by atoms with Crippen molar-refractivity contribution >= 4 is 11.6 Å². The molecule has 8 heteroatoms.